The summed E-state index contributed by atoms with van der Waals surface area (Å²) in [6.07, 6.45) is 1.91. The lowest BCUT2D eigenvalue weighted by Gasteiger charge is -2.03. The van der Waals surface area contributed by atoms with E-state index in [1.165, 1.54) is 0 Å². The first-order valence-corrected chi connectivity index (χ1v) is 4.98. The normalized spacial score (nSPS) is 10.4. The van der Waals surface area contributed by atoms with E-state index < -0.39 is 0 Å². The molecule has 1 aromatic rings. The molecule has 6 heteroatoms. The van der Waals surface area contributed by atoms with Gasteiger partial charge in [0.25, 0.3) is 0 Å². The highest BCUT2D eigenvalue weighted by Gasteiger charge is 2.03. The topological polar surface area (TPSA) is 76.7 Å². The average Bonchev–Trinajstić information content (AvgIpc) is 2.47. The summed E-state index contributed by atoms with van der Waals surface area (Å²) in [4.78, 5) is 10.5. The maximum absolute atomic E-state index is 10.5. The van der Waals surface area contributed by atoms with Gasteiger partial charge in [-0.1, -0.05) is 6.92 Å². The second-order valence-corrected chi connectivity index (χ2v) is 3.41. The van der Waals surface area contributed by atoms with E-state index in [2.05, 4.69) is 10.2 Å². The molecule has 0 saturated carbocycles. The Kier molecular flexibility index (Phi) is 3.82. The summed E-state index contributed by atoms with van der Waals surface area (Å²) in [5.74, 6) is 0.637. The van der Waals surface area contributed by atoms with Crippen LogP contribution < -0.4 is 5.73 Å². The summed E-state index contributed by atoms with van der Waals surface area (Å²) in [5, 5.41) is 6.79. The van der Waals surface area contributed by atoms with E-state index in [4.69, 9.17) is 18.0 Å². The van der Waals surface area contributed by atoms with Crippen LogP contribution in [0.5, 0.6) is 0 Å². The Bertz CT molecular complexity index is 368. The van der Waals surface area contributed by atoms with Gasteiger partial charge in [-0.2, -0.15) is 5.10 Å². The second-order valence-electron chi connectivity index (χ2n) is 3.02. The fourth-order valence-corrected chi connectivity index (χ4v) is 1.50. The molecule has 0 aliphatic heterocycles. The molecule has 0 bridgehead atoms. The van der Waals surface area contributed by atoms with Crippen molar-refractivity contribution in [3.05, 3.63) is 10.6 Å². The van der Waals surface area contributed by atoms with E-state index in [9.17, 15) is 4.79 Å². The van der Waals surface area contributed by atoms with E-state index in [-0.39, 0.29) is 5.91 Å². The number of aromatic amines is 1. The largest absolute Gasteiger partial charge is 0.370 e. The van der Waals surface area contributed by atoms with Gasteiger partial charge < -0.3 is 10.3 Å². The number of aryl methyl sites for hydroxylation is 1. The van der Waals surface area contributed by atoms with Gasteiger partial charge >= 0.3 is 0 Å². The Morgan fingerprint density at radius 1 is 1.71 bits per heavy atom. The van der Waals surface area contributed by atoms with Gasteiger partial charge in [-0.3, -0.25) is 9.89 Å². The van der Waals surface area contributed by atoms with E-state index in [0.29, 0.717) is 24.2 Å². The number of nitrogens with one attached hydrogen (secondary N) is 1. The van der Waals surface area contributed by atoms with Gasteiger partial charge in [-0.05, 0) is 18.6 Å². The summed E-state index contributed by atoms with van der Waals surface area (Å²) in [7, 11) is 0. The van der Waals surface area contributed by atoms with Crippen LogP contribution in [0.15, 0.2) is 0 Å². The minimum atomic E-state index is -0.280. The number of rotatable bonds is 5. The number of hydrogen-bond acceptors (Lipinski definition) is 3. The van der Waals surface area contributed by atoms with Gasteiger partial charge in [-0.25, -0.2) is 0 Å². The number of H-pyrrole nitrogens is 1. The van der Waals surface area contributed by atoms with Crippen molar-refractivity contribution in [3.63, 3.8) is 0 Å². The van der Waals surface area contributed by atoms with Crippen molar-refractivity contribution in [3.8, 4) is 0 Å². The molecule has 14 heavy (non-hydrogen) atoms. The van der Waals surface area contributed by atoms with Crippen molar-refractivity contribution in [2.24, 2.45) is 5.73 Å². The number of aromatic nitrogens is 3. The van der Waals surface area contributed by atoms with Gasteiger partial charge in [0.15, 0.2) is 4.77 Å². The monoisotopic (exact) mass is 214 g/mol. The first-order chi connectivity index (χ1) is 6.65. The average molecular weight is 214 g/mol. The van der Waals surface area contributed by atoms with Gasteiger partial charge in [-0.15, -0.1) is 0 Å². The van der Waals surface area contributed by atoms with Crippen molar-refractivity contribution >= 4 is 18.1 Å². The Balaban J connectivity index is 2.61. The zero-order valence-corrected chi connectivity index (χ0v) is 8.93. The minimum Gasteiger partial charge on any atom is -0.370 e. The van der Waals surface area contributed by atoms with Crippen molar-refractivity contribution in [2.45, 2.75) is 32.7 Å². The molecule has 3 N–H and O–H groups in total. The number of primary amides is 1. The van der Waals surface area contributed by atoms with Crippen LogP contribution in [0.3, 0.4) is 0 Å². The van der Waals surface area contributed by atoms with Crippen LogP contribution in [-0.2, 0) is 17.8 Å². The number of amides is 1. The van der Waals surface area contributed by atoms with Crippen molar-refractivity contribution in [1.82, 2.24) is 14.8 Å². The van der Waals surface area contributed by atoms with Crippen LogP contribution in [0.4, 0.5) is 0 Å². The molecule has 1 heterocycles. The lowest BCUT2D eigenvalue weighted by molar-refractivity contribution is -0.118. The van der Waals surface area contributed by atoms with Crippen molar-refractivity contribution in [1.29, 1.82) is 0 Å². The molecule has 0 aromatic carbocycles. The van der Waals surface area contributed by atoms with Crippen LogP contribution in [0.2, 0.25) is 0 Å². The van der Waals surface area contributed by atoms with E-state index in [1.807, 2.05) is 11.5 Å². The van der Waals surface area contributed by atoms with E-state index >= 15 is 0 Å². The number of nitrogens with zero attached hydrogens (tertiary/aromatic N) is 2. The summed E-state index contributed by atoms with van der Waals surface area (Å²) >= 11 is 5.05. The Morgan fingerprint density at radius 3 is 3.00 bits per heavy atom. The van der Waals surface area contributed by atoms with Crippen molar-refractivity contribution < 1.29 is 4.79 Å². The van der Waals surface area contributed by atoms with Gasteiger partial charge in [0, 0.05) is 19.4 Å². The third-order valence-corrected chi connectivity index (χ3v) is 2.27. The van der Waals surface area contributed by atoms with Gasteiger partial charge in [0.05, 0.1) is 0 Å². The predicted octanol–water partition coefficient (Wildman–Crippen LogP) is 0.769. The lowest BCUT2D eigenvalue weighted by Crippen LogP contribution is -2.12. The fourth-order valence-electron chi connectivity index (χ4n) is 1.26. The molecule has 78 valence electrons. The molecule has 0 fully saturated rings. The predicted molar refractivity (Wildman–Crippen MR) is 55.2 cm³/mol. The highest BCUT2D eigenvalue weighted by atomic mass is 32.1. The maximum atomic E-state index is 10.5. The summed E-state index contributed by atoms with van der Waals surface area (Å²) in [6, 6.07) is 0. The van der Waals surface area contributed by atoms with Crippen LogP contribution in [0.1, 0.15) is 25.6 Å². The Hall–Kier alpha value is -1.17. The number of carbonyl (C=O) groups is 1. The molecule has 1 amide bonds. The minimum absolute atomic E-state index is 0.280. The molecule has 0 saturated heterocycles. The molecule has 1 rings (SSSR count). The Morgan fingerprint density at radius 2 is 2.43 bits per heavy atom. The second kappa shape index (κ2) is 4.90. The van der Waals surface area contributed by atoms with Gasteiger partial charge in [0.1, 0.15) is 5.82 Å². The highest BCUT2D eigenvalue weighted by Crippen LogP contribution is 2.01. The number of hydrogen-bond donors (Lipinski definition) is 2. The van der Waals surface area contributed by atoms with Crippen LogP contribution in [-0.4, -0.2) is 20.7 Å². The third kappa shape index (κ3) is 2.66. The highest BCUT2D eigenvalue weighted by molar-refractivity contribution is 7.71. The SMILES string of the molecule is CCc1n[nH]c(=S)n1CCCC(N)=O. The molecule has 0 atom stereocenters. The summed E-state index contributed by atoms with van der Waals surface area (Å²) < 4.78 is 2.50. The first-order valence-electron chi connectivity index (χ1n) is 4.57. The van der Waals surface area contributed by atoms with E-state index in [1.54, 1.807) is 0 Å². The molecule has 0 radical (unpaired) electrons. The molecule has 0 aliphatic rings. The molecule has 5 nitrogen and oxygen atoms in total. The summed E-state index contributed by atoms with van der Waals surface area (Å²) in [5.41, 5.74) is 5.04. The van der Waals surface area contributed by atoms with Crippen LogP contribution >= 0.6 is 12.2 Å². The molecule has 0 unspecified atom stereocenters. The standard InChI is InChI=1S/C8H14N4OS/c1-2-7-10-11-8(14)12(7)5-3-4-6(9)13/h2-5H2,1H3,(H2,9,13)(H,11,14). The molecule has 1 aromatic heterocycles. The quantitative estimate of drug-likeness (QED) is 0.711. The third-order valence-electron chi connectivity index (χ3n) is 1.96. The fraction of sp³-hybridized carbons (Fsp3) is 0.625. The first kappa shape index (κ1) is 10.9. The van der Waals surface area contributed by atoms with Crippen molar-refractivity contribution in [2.75, 3.05) is 0 Å². The number of nitrogens with two attached hydrogens (primary N) is 1. The number of carbonyl (C=O) groups excluding carboxylic acids is 1. The smallest absolute Gasteiger partial charge is 0.217 e. The zero-order chi connectivity index (χ0) is 10.6. The van der Waals surface area contributed by atoms with Crippen LogP contribution in [0.25, 0.3) is 0 Å². The lowest BCUT2D eigenvalue weighted by atomic mass is 10.3. The van der Waals surface area contributed by atoms with Gasteiger partial charge in [0.2, 0.25) is 5.91 Å². The maximum Gasteiger partial charge on any atom is 0.217 e. The molecular formula is C8H14N4OS. The zero-order valence-electron chi connectivity index (χ0n) is 8.12. The molecule has 0 aliphatic carbocycles. The Labute approximate surface area is 87.3 Å². The molecular weight excluding hydrogens is 200 g/mol. The van der Waals surface area contributed by atoms with E-state index in [0.717, 1.165) is 12.2 Å². The van der Waals surface area contributed by atoms with Crippen LogP contribution in [0, 0.1) is 4.77 Å². The molecule has 0 spiro atoms. The summed E-state index contributed by atoms with van der Waals surface area (Å²) in [6.45, 7) is 2.71.